The van der Waals surface area contributed by atoms with E-state index >= 15 is 0 Å². The van der Waals surface area contributed by atoms with Gasteiger partial charge in [-0.25, -0.2) is 0 Å². The SMILES string of the molecule is CC1=C(C(=O)Nc2ccccc2Cl)[C@H](c2ccccc2Cl)NC(=S)N1. The van der Waals surface area contributed by atoms with Gasteiger partial charge >= 0.3 is 0 Å². The van der Waals surface area contributed by atoms with Crippen LogP contribution in [0.3, 0.4) is 0 Å². The molecule has 0 fully saturated rings. The molecule has 0 bridgehead atoms. The van der Waals surface area contributed by atoms with Crippen molar-refractivity contribution in [3.05, 3.63) is 75.4 Å². The largest absolute Gasteiger partial charge is 0.351 e. The molecule has 0 saturated carbocycles. The number of carbonyl (C=O) groups excluding carboxylic acids is 1. The van der Waals surface area contributed by atoms with Crippen LogP contribution in [-0.4, -0.2) is 11.0 Å². The second kappa shape index (κ2) is 7.44. The number of nitrogens with one attached hydrogen (secondary N) is 3. The molecule has 3 rings (SSSR count). The quantitative estimate of drug-likeness (QED) is 0.677. The number of rotatable bonds is 3. The van der Waals surface area contributed by atoms with Crippen molar-refractivity contribution in [3.63, 3.8) is 0 Å². The number of thiocarbonyl (C=S) groups is 1. The van der Waals surface area contributed by atoms with Crippen molar-refractivity contribution >= 4 is 52.1 Å². The Balaban J connectivity index is 1.99. The van der Waals surface area contributed by atoms with Crippen LogP contribution in [0.15, 0.2) is 59.8 Å². The molecule has 1 aliphatic rings. The molecule has 2 aromatic rings. The van der Waals surface area contributed by atoms with Crippen LogP contribution in [0.1, 0.15) is 18.5 Å². The van der Waals surface area contributed by atoms with Crippen molar-refractivity contribution < 1.29 is 4.79 Å². The maximum absolute atomic E-state index is 12.9. The summed E-state index contributed by atoms with van der Waals surface area (Å²) in [5.41, 5.74) is 2.48. The van der Waals surface area contributed by atoms with Crippen LogP contribution >= 0.6 is 35.4 Å². The first-order valence-electron chi connectivity index (χ1n) is 7.56. The van der Waals surface area contributed by atoms with Gasteiger partial charge in [0.15, 0.2) is 5.11 Å². The third-order valence-electron chi connectivity index (χ3n) is 3.85. The zero-order chi connectivity index (χ0) is 18.0. The summed E-state index contributed by atoms with van der Waals surface area (Å²) in [6.45, 7) is 1.80. The lowest BCUT2D eigenvalue weighted by molar-refractivity contribution is -0.113. The van der Waals surface area contributed by atoms with Crippen LogP contribution in [0, 0.1) is 0 Å². The van der Waals surface area contributed by atoms with E-state index in [9.17, 15) is 4.79 Å². The minimum Gasteiger partial charge on any atom is -0.351 e. The Morgan fingerprint density at radius 2 is 1.72 bits per heavy atom. The lowest BCUT2D eigenvalue weighted by Gasteiger charge is -2.30. The average Bonchev–Trinajstić information content (AvgIpc) is 2.56. The third-order valence-corrected chi connectivity index (χ3v) is 4.75. The van der Waals surface area contributed by atoms with Gasteiger partial charge in [0.25, 0.3) is 5.91 Å². The molecule has 1 heterocycles. The highest BCUT2D eigenvalue weighted by Gasteiger charge is 2.31. The summed E-state index contributed by atoms with van der Waals surface area (Å²) < 4.78 is 0. The van der Waals surface area contributed by atoms with E-state index in [1.807, 2.05) is 18.2 Å². The summed E-state index contributed by atoms with van der Waals surface area (Å²) in [6, 6.07) is 14.0. The molecular weight excluding hydrogens is 377 g/mol. The van der Waals surface area contributed by atoms with E-state index < -0.39 is 6.04 Å². The molecule has 0 aliphatic carbocycles. The second-order valence-electron chi connectivity index (χ2n) is 5.53. The van der Waals surface area contributed by atoms with E-state index in [1.165, 1.54) is 0 Å². The van der Waals surface area contributed by atoms with Crippen molar-refractivity contribution in [3.8, 4) is 0 Å². The van der Waals surface area contributed by atoms with Crippen LogP contribution in [0.5, 0.6) is 0 Å². The normalized spacial score (nSPS) is 16.9. The molecule has 1 atom stereocenters. The predicted molar refractivity (Wildman–Crippen MR) is 106 cm³/mol. The van der Waals surface area contributed by atoms with Gasteiger partial charge in [-0.2, -0.15) is 0 Å². The van der Waals surface area contributed by atoms with Crippen molar-refractivity contribution in [1.29, 1.82) is 0 Å². The molecule has 25 heavy (non-hydrogen) atoms. The van der Waals surface area contributed by atoms with Crippen molar-refractivity contribution in [2.24, 2.45) is 0 Å². The molecule has 128 valence electrons. The predicted octanol–water partition coefficient (Wildman–Crippen LogP) is 4.42. The number of hydrogen-bond acceptors (Lipinski definition) is 2. The highest BCUT2D eigenvalue weighted by Crippen LogP contribution is 2.32. The molecule has 0 unspecified atom stereocenters. The van der Waals surface area contributed by atoms with Crippen LogP contribution in [0.2, 0.25) is 10.0 Å². The van der Waals surface area contributed by atoms with Crippen molar-refractivity contribution in [2.45, 2.75) is 13.0 Å². The Morgan fingerprint density at radius 1 is 1.08 bits per heavy atom. The van der Waals surface area contributed by atoms with E-state index in [-0.39, 0.29) is 5.91 Å². The van der Waals surface area contributed by atoms with Gasteiger partial charge < -0.3 is 16.0 Å². The topological polar surface area (TPSA) is 53.2 Å². The minimum atomic E-state index is -0.454. The number of amides is 1. The molecule has 0 spiro atoms. The first-order valence-corrected chi connectivity index (χ1v) is 8.72. The molecule has 4 nitrogen and oxygen atoms in total. The first-order chi connectivity index (χ1) is 12.0. The molecule has 1 amide bonds. The molecule has 0 radical (unpaired) electrons. The summed E-state index contributed by atoms with van der Waals surface area (Å²) in [4.78, 5) is 12.9. The smallest absolute Gasteiger partial charge is 0.255 e. The maximum atomic E-state index is 12.9. The van der Waals surface area contributed by atoms with Gasteiger partial charge in [-0.3, -0.25) is 4.79 Å². The van der Waals surface area contributed by atoms with Gasteiger partial charge in [-0.05, 0) is 42.9 Å². The number of allylic oxidation sites excluding steroid dienone is 1. The highest BCUT2D eigenvalue weighted by atomic mass is 35.5. The molecular formula is C18H15Cl2N3OS. The fraction of sp³-hybridized carbons (Fsp3) is 0.111. The fourth-order valence-electron chi connectivity index (χ4n) is 2.69. The Bertz CT molecular complexity index is 882. The summed E-state index contributed by atoms with van der Waals surface area (Å²) in [5.74, 6) is -0.280. The Morgan fingerprint density at radius 3 is 2.40 bits per heavy atom. The molecule has 1 aliphatic heterocycles. The highest BCUT2D eigenvalue weighted by molar-refractivity contribution is 7.80. The molecule has 7 heteroatoms. The number of anilines is 1. The number of halogens is 2. The van der Waals surface area contributed by atoms with Crippen LogP contribution < -0.4 is 16.0 Å². The number of hydrogen-bond donors (Lipinski definition) is 3. The molecule has 0 aromatic heterocycles. The molecule has 3 N–H and O–H groups in total. The average molecular weight is 392 g/mol. The molecule has 0 saturated heterocycles. The number of benzene rings is 2. The van der Waals surface area contributed by atoms with Crippen molar-refractivity contribution in [1.82, 2.24) is 10.6 Å². The monoisotopic (exact) mass is 391 g/mol. The first kappa shape index (κ1) is 17.7. The van der Waals surface area contributed by atoms with Gasteiger partial charge in [-0.15, -0.1) is 0 Å². The van der Waals surface area contributed by atoms with Gasteiger partial charge in [0.05, 0.1) is 22.3 Å². The maximum Gasteiger partial charge on any atom is 0.255 e. The van der Waals surface area contributed by atoms with Gasteiger partial charge in [-0.1, -0.05) is 53.5 Å². The van der Waals surface area contributed by atoms with E-state index in [1.54, 1.807) is 37.3 Å². The van der Waals surface area contributed by atoms with Crippen LogP contribution in [0.25, 0.3) is 0 Å². The lowest BCUT2D eigenvalue weighted by atomic mass is 9.95. The third kappa shape index (κ3) is 3.79. The zero-order valence-corrected chi connectivity index (χ0v) is 15.6. The van der Waals surface area contributed by atoms with Crippen LogP contribution in [0.4, 0.5) is 5.69 Å². The zero-order valence-electron chi connectivity index (χ0n) is 13.3. The van der Waals surface area contributed by atoms with E-state index in [4.69, 9.17) is 35.4 Å². The summed E-state index contributed by atoms with van der Waals surface area (Å²) in [6.07, 6.45) is 0. The van der Waals surface area contributed by atoms with Gasteiger partial charge in [0.2, 0.25) is 0 Å². The summed E-state index contributed by atoms with van der Waals surface area (Å²) >= 11 is 17.7. The lowest BCUT2D eigenvalue weighted by Crippen LogP contribution is -2.45. The Labute approximate surface area is 161 Å². The summed E-state index contributed by atoms with van der Waals surface area (Å²) in [7, 11) is 0. The number of para-hydroxylation sites is 1. The van der Waals surface area contributed by atoms with Gasteiger partial charge in [0.1, 0.15) is 0 Å². The Hall–Kier alpha value is -2.08. The summed E-state index contributed by atoms with van der Waals surface area (Å²) in [5, 5.41) is 10.4. The van der Waals surface area contributed by atoms with Gasteiger partial charge in [0, 0.05) is 10.7 Å². The molecule has 2 aromatic carbocycles. The van der Waals surface area contributed by atoms with Crippen LogP contribution in [-0.2, 0) is 4.79 Å². The van der Waals surface area contributed by atoms with E-state index in [0.717, 1.165) is 5.56 Å². The van der Waals surface area contributed by atoms with E-state index in [0.29, 0.717) is 32.1 Å². The number of carbonyl (C=O) groups is 1. The second-order valence-corrected chi connectivity index (χ2v) is 6.75. The van der Waals surface area contributed by atoms with E-state index in [2.05, 4.69) is 16.0 Å². The van der Waals surface area contributed by atoms with Crippen molar-refractivity contribution in [2.75, 3.05) is 5.32 Å². The standard InChI is InChI=1S/C18H15Cl2N3OS/c1-10-15(17(24)22-14-9-5-4-8-13(14)20)16(23-18(25)21-10)11-6-2-3-7-12(11)19/h2-9,16H,1H3,(H,22,24)(H2,21,23,25)/t16-/m0/s1. The fourth-order valence-corrected chi connectivity index (χ4v) is 3.39. The minimum absolute atomic E-state index is 0.280. The Kier molecular flexibility index (Phi) is 5.27.